The number of hydrogen-bond acceptors (Lipinski definition) is 3. The fourth-order valence-corrected chi connectivity index (χ4v) is 2.69. The number of hydrogen-bond donors (Lipinski definition) is 1. The minimum atomic E-state index is -0.206. The predicted molar refractivity (Wildman–Crippen MR) is 84.1 cm³/mol. The highest BCUT2D eigenvalue weighted by Crippen LogP contribution is 2.22. The van der Waals surface area contributed by atoms with Gasteiger partial charge in [-0.25, -0.2) is 9.37 Å². The third-order valence-electron chi connectivity index (χ3n) is 3.93. The normalized spacial score (nSPS) is 16.0. The van der Waals surface area contributed by atoms with E-state index in [4.69, 9.17) is 0 Å². The van der Waals surface area contributed by atoms with Gasteiger partial charge >= 0.3 is 0 Å². The number of anilines is 2. The average molecular weight is 285 g/mol. The molecule has 2 heterocycles. The monoisotopic (exact) mass is 285 g/mol. The lowest BCUT2D eigenvalue weighted by Gasteiger charge is -2.18. The van der Waals surface area contributed by atoms with Crippen LogP contribution in [0.3, 0.4) is 0 Å². The van der Waals surface area contributed by atoms with Crippen molar-refractivity contribution in [3.8, 4) is 0 Å². The number of pyridine rings is 1. The molecule has 1 aliphatic rings. The molecule has 1 saturated heterocycles. The molecule has 2 aromatic rings. The SMILES string of the molecule is CC(Nc1ccc(N2CCCC2)nc1)c1ccc(F)cc1. The van der Waals surface area contributed by atoms with Crippen LogP contribution in [0.2, 0.25) is 0 Å². The van der Waals surface area contributed by atoms with Gasteiger partial charge < -0.3 is 10.2 Å². The second-order valence-corrected chi connectivity index (χ2v) is 5.52. The highest BCUT2D eigenvalue weighted by molar-refractivity contribution is 5.50. The summed E-state index contributed by atoms with van der Waals surface area (Å²) in [4.78, 5) is 6.84. The van der Waals surface area contributed by atoms with E-state index in [-0.39, 0.29) is 11.9 Å². The predicted octanol–water partition coefficient (Wildman–Crippen LogP) is 3.99. The number of halogens is 1. The average Bonchev–Trinajstić information content (AvgIpc) is 3.03. The fraction of sp³-hybridized carbons (Fsp3) is 0.353. The number of nitrogens with zero attached hydrogens (tertiary/aromatic N) is 2. The minimum Gasteiger partial charge on any atom is -0.377 e. The van der Waals surface area contributed by atoms with E-state index in [1.54, 1.807) is 12.1 Å². The molecule has 0 radical (unpaired) electrons. The van der Waals surface area contributed by atoms with Crippen LogP contribution >= 0.6 is 0 Å². The third-order valence-corrected chi connectivity index (χ3v) is 3.93. The first-order chi connectivity index (χ1) is 10.2. The quantitative estimate of drug-likeness (QED) is 0.920. The first-order valence-corrected chi connectivity index (χ1v) is 7.45. The van der Waals surface area contributed by atoms with Gasteiger partial charge in [0.05, 0.1) is 11.9 Å². The molecule has 110 valence electrons. The maximum absolute atomic E-state index is 12.9. The Bertz CT molecular complexity index is 574. The summed E-state index contributed by atoms with van der Waals surface area (Å²) in [6, 6.07) is 10.8. The highest BCUT2D eigenvalue weighted by atomic mass is 19.1. The van der Waals surface area contributed by atoms with Crippen LogP contribution in [-0.4, -0.2) is 18.1 Å². The summed E-state index contributed by atoms with van der Waals surface area (Å²) >= 11 is 0. The molecule has 0 spiro atoms. The van der Waals surface area contributed by atoms with Gasteiger partial charge in [-0.15, -0.1) is 0 Å². The van der Waals surface area contributed by atoms with E-state index in [0.29, 0.717) is 0 Å². The second-order valence-electron chi connectivity index (χ2n) is 5.52. The number of rotatable bonds is 4. The van der Waals surface area contributed by atoms with Gasteiger partial charge in [0, 0.05) is 19.1 Å². The Morgan fingerprint density at radius 3 is 2.43 bits per heavy atom. The zero-order chi connectivity index (χ0) is 14.7. The molecule has 0 saturated carbocycles. The number of nitrogens with one attached hydrogen (secondary N) is 1. The summed E-state index contributed by atoms with van der Waals surface area (Å²) in [5.74, 6) is 0.843. The number of aromatic nitrogens is 1. The van der Waals surface area contributed by atoms with Crippen molar-refractivity contribution in [2.45, 2.75) is 25.8 Å². The molecule has 3 nitrogen and oxygen atoms in total. The molecule has 1 aromatic carbocycles. The van der Waals surface area contributed by atoms with E-state index in [9.17, 15) is 4.39 Å². The van der Waals surface area contributed by atoms with Crippen molar-refractivity contribution in [2.75, 3.05) is 23.3 Å². The largest absolute Gasteiger partial charge is 0.377 e. The lowest BCUT2D eigenvalue weighted by atomic mass is 10.1. The second kappa shape index (κ2) is 6.12. The van der Waals surface area contributed by atoms with Crippen LogP contribution in [0.4, 0.5) is 15.9 Å². The van der Waals surface area contributed by atoms with Gasteiger partial charge in [0.1, 0.15) is 11.6 Å². The van der Waals surface area contributed by atoms with Gasteiger partial charge in [0.2, 0.25) is 0 Å². The Labute approximate surface area is 124 Å². The van der Waals surface area contributed by atoms with Crippen LogP contribution < -0.4 is 10.2 Å². The van der Waals surface area contributed by atoms with Crippen molar-refractivity contribution in [1.29, 1.82) is 0 Å². The molecule has 1 aliphatic heterocycles. The van der Waals surface area contributed by atoms with Crippen LogP contribution in [0.1, 0.15) is 31.4 Å². The van der Waals surface area contributed by atoms with Crippen LogP contribution in [0.15, 0.2) is 42.6 Å². The standard InChI is InChI=1S/C17H20FN3/c1-13(14-4-6-15(18)7-5-14)20-16-8-9-17(19-12-16)21-10-2-3-11-21/h4-9,12-13,20H,2-3,10-11H2,1H3. The number of benzene rings is 1. The van der Waals surface area contributed by atoms with Crippen molar-refractivity contribution >= 4 is 11.5 Å². The molecule has 21 heavy (non-hydrogen) atoms. The molecule has 1 fully saturated rings. The molecule has 1 unspecified atom stereocenters. The lowest BCUT2D eigenvalue weighted by Crippen LogP contribution is -2.18. The van der Waals surface area contributed by atoms with E-state index in [1.807, 2.05) is 6.20 Å². The van der Waals surface area contributed by atoms with Crippen molar-refractivity contribution in [2.24, 2.45) is 0 Å². The van der Waals surface area contributed by atoms with Gasteiger partial charge in [-0.2, -0.15) is 0 Å². The molecule has 1 aromatic heterocycles. The van der Waals surface area contributed by atoms with E-state index >= 15 is 0 Å². The molecule has 3 rings (SSSR count). The Morgan fingerprint density at radius 1 is 1.10 bits per heavy atom. The van der Waals surface area contributed by atoms with Gasteiger partial charge in [0.25, 0.3) is 0 Å². The van der Waals surface area contributed by atoms with Crippen LogP contribution in [0.5, 0.6) is 0 Å². The molecule has 0 aliphatic carbocycles. The highest BCUT2D eigenvalue weighted by Gasteiger charge is 2.13. The van der Waals surface area contributed by atoms with E-state index in [1.165, 1.54) is 25.0 Å². The fourth-order valence-electron chi connectivity index (χ4n) is 2.69. The molecule has 4 heteroatoms. The van der Waals surface area contributed by atoms with Crippen molar-refractivity contribution < 1.29 is 4.39 Å². The zero-order valence-corrected chi connectivity index (χ0v) is 12.2. The van der Waals surface area contributed by atoms with Gasteiger partial charge in [-0.3, -0.25) is 0 Å². The Hall–Kier alpha value is -2.10. The van der Waals surface area contributed by atoms with Crippen LogP contribution in [0, 0.1) is 5.82 Å². The molecular formula is C17H20FN3. The van der Waals surface area contributed by atoms with Gasteiger partial charge in [-0.1, -0.05) is 12.1 Å². The van der Waals surface area contributed by atoms with Gasteiger partial charge in [-0.05, 0) is 49.6 Å². The smallest absolute Gasteiger partial charge is 0.128 e. The summed E-state index contributed by atoms with van der Waals surface area (Å²) in [7, 11) is 0. The molecule has 0 bridgehead atoms. The Kier molecular flexibility index (Phi) is 4.04. The topological polar surface area (TPSA) is 28.2 Å². The van der Waals surface area contributed by atoms with Crippen molar-refractivity contribution in [3.63, 3.8) is 0 Å². The third kappa shape index (κ3) is 3.32. The summed E-state index contributed by atoms with van der Waals surface area (Å²) in [5.41, 5.74) is 2.04. The molecule has 1 N–H and O–H groups in total. The Balaban J connectivity index is 1.65. The minimum absolute atomic E-state index is 0.116. The molecular weight excluding hydrogens is 265 g/mol. The van der Waals surface area contributed by atoms with E-state index in [2.05, 4.69) is 34.3 Å². The Morgan fingerprint density at radius 2 is 1.81 bits per heavy atom. The zero-order valence-electron chi connectivity index (χ0n) is 12.2. The first kappa shape index (κ1) is 13.9. The summed E-state index contributed by atoms with van der Waals surface area (Å²) in [6.45, 7) is 4.26. The van der Waals surface area contributed by atoms with Crippen molar-refractivity contribution in [1.82, 2.24) is 4.98 Å². The first-order valence-electron chi connectivity index (χ1n) is 7.45. The van der Waals surface area contributed by atoms with Crippen LogP contribution in [-0.2, 0) is 0 Å². The molecule has 1 atom stereocenters. The summed E-state index contributed by atoms with van der Waals surface area (Å²) in [5, 5.41) is 3.39. The maximum atomic E-state index is 12.9. The van der Waals surface area contributed by atoms with Gasteiger partial charge in [0.15, 0.2) is 0 Å². The van der Waals surface area contributed by atoms with E-state index in [0.717, 1.165) is 30.2 Å². The maximum Gasteiger partial charge on any atom is 0.128 e. The van der Waals surface area contributed by atoms with E-state index < -0.39 is 0 Å². The summed E-state index contributed by atoms with van der Waals surface area (Å²) < 4.78 is 12.9. The molecule has 0 amide bonds. The van der Waals surface area contributed by atoms with Crippen molar-refractivity contribution in [3.05, 3.63) is 54.0 Å². The summed E-state index contributed by atoms with van der Waals surface area (Å²) in [6.07, 6.45) is 4.38. The van der Waals surface area contributed by atoms with Crippen LogP contribution in [0.25, 0.3) is 0 Å². The lowest BCUT2D eigenvalue weighted by molar-refractivity contribution is 0.626.